The van der Waals surface area contributed by atoms with Gasteiger partial charge in [-0.25, -0.2) is 0 Å². The minimum absolute atomic E-state index is 0.0593. The van der Waals surface area contributed by atoms with E-state index in [1.165, 1.54) is 7.11 Å². The summed E-state index contributed by atoms with van der Waals surface area (Å²) < 4.78 is 6.17. The molecule has 1 amide bonds. The minimum atomic E-state index is -0.592. The summed E-state index contributed by atoms with van der Waals surface area (Å²) in [5.41, 5.74) is 8.76. The molecule has 2 rings (SSSR count). The van der Waals surface area contributed by atoms with E-state index in [9.17, 15) is 9.59 Å². The Bertz CT molecular complexity index is 785. The number of anilines is 2. The fraction of sp³-hybridized carbons (Fsp3) is 0.412. The largest absolute Gasteiger partial charge is 0.468 e. The molecule has 1 aromatic heterocycles. The maximum atomic E-state index is 12.8. The first-order valence-corrected chi connectivity index (χ1v) is 9.13. The molecule has 0 fully saturated rings. The third-order valence-corrected chi connectivity index (χ3v) is 4.64. The fourth-order valence-electron chi connectivity index (χ4n) is 2.62. The molecule has 2 aromatic rings. The second kappa shape index (κ2) is 8.70. The van der Waals surface area contributed by atoms with Gasteiger partial charge in [0.25, 0.3) is 0 Å². The van der Waals surface area contributed by atoms with E-state index in [1.54, 1.807) is 4.57 Å². The highest BCUT2D eigenvalue weighted by atomic mass is 32.2. The molecule has 0 bridgehead atoms. The highest BCUT2D eigenvalue weighted by Crippen LogP contribution is 2.26. The number of hydrogen-bond acceptors (Lipinski definition) is 7. The standard InChI is InChI=1S/C17H23N5O3S/c1-5-13(15(24)19-12-7-10(2)6-11(3)8-12)22-16(18)20-21-17(22)26-9-14(23)25-4/h6-8,13H,5,9H2,1-4H3,(H2,18,20)(H,19,24). The van der Waals surface area contributed by atoms with Gasteiger partial charge in [-0.1, -0.05) is 24.8 Å². The second-order valence-electron chi connectivity index (χ2n) is 5.87. The molecule has 1 atom stereocenters. The number of nitrogens with two attached hydrogens (primary N) is 1. The van der Waals surface area contributed by atoms with E-state index in [0.29, 0.717) is 11.6 Å². The summed E-state index contributed by atoms with van der Waals surface area (Å²) in [7, 11) is 1.31. The molecule has 1 aromatic carbocycles. The number of hydrogen-bond donors (Lipinski definition) is 2. The topological polar surface area (TPSA) is 112 Å². The summed E-state index contributed by atoms with van der Waals surface area (Å²) in [6.45, 7) is 5.82. The van der Waals surface area contributed by atoms with Crippen molar-refractivity contribution in [1.29, 1.82) is 0 Å². The first-order valence-electron chi connectivity index (χ1n) is 8.14. The Morgan fingerprint density at radius 3 is 2.50 bits per heavy atom. The molecule has 0 aliphatic carbocycles. The molecular formula is C17H23N5O3S. The van der Waals surface area contributed by atoms with Crippen LogP contribution in [0.2, 0.25) is 0 Å². The van der Waals surface area contributed by atoms with Crippen molar-refractivity contribution in [2.24, 2.45) is 0 Å². The Morgan fingerprint density at radius 1 is 1.27 bits per heavy atom. The summed E-state index contributed by atoms with van der Waals surface area (Å²) in [5, 5.41) is 11.1. The lowest BCUT2D eigenvalue weighted by molar-refractivity contribution is -0.137. The predicted octanol–water partition coefficient (Wildman–Crippen LogP) is 2.33. The van der Waals surface area contributed by atoms with Crippen LogP contribution in [0.3, 0.4) is 0 Å². The van der Waals surface area contributed by atoms with Crippen molar-refractivity contribution in [2.75, 3.05) is 23.9 Å². The number of nitrogens with one attached hydrogen (secondary N) is 1. The Hall–Kier alpha value is -2.55. The molecule has 0 spiro atoms. The van der Waals surface area contributed by atoms with Crippen LogP contribution in [-0.4, -0.2) is 39.5 Å². The number of carbonyl (C=O) groups excluding carboxylic acids is 2. The van der Waals surface area contributed by atoms with Crippen LogP contribution in [0.1, 0.15) is 30.5 Å². The third kappa shape index (κ3) is 4.75. The van der Waals surface area contributed by atoms with Gasteiger partial charge in [0.15, 0.2) is 5.16 Å². The SMILES string of the molecule is CCC(C(=O)Nc1cc(C)cc(C)c1)n1c(N)nnc1SCC(=O)OC. The zero-order chi connectivity index (χ0) is 19.3. The van der Waals surface area contributed by atoms with Gasteiger partial charge in [-0.2, -0.15) is 0 Å². The second-order valence-corrected chi connectivity index (χ2v) is 6.81. The first kappa shape index (κ1) is 19.8. The van der Waals surface area contributed by atoms with E-state index >= 15 is 0 Å². The third-order valence-electron chi connectivity index (χ3n) is 3.73. The normalized spacial score (nSPS) is 11.8. The van der Waals surface area contributed by atoms with E-state index in [-0.39, 0.29) is 17.6 Å². The molecule has 3 N–H and O–H groups in total. The summed E-state index contributed by atoms with van der Waals surface area (Å²) in [6, 6.07) is 5.25. The molecule has 0 aliphatic heterocycles. The molecule has 1 heterocycles. The van der Waals surface area contributed by atoms with Crippen molar-refractivity contribution < 1.29 is 14.3 Å². The number of benzene rings is 1. The van der Waals surface area contributed by atoms with Gasteiger partial charge in [0.05, 0.1) is 12.9 Å². The van der Waals surface area contributed by atoms with Crippen molar-refractivity contribution >= 4 is 35.3 Å². The Labute approximate surface area is 156 Å². The zero-order valence-electron chi connectivity index (χ0n) is 15.3. The summed E-state index contributed by atoms with van der Waals surface area (Å²) >= 11 is 1.13. The fourth-order valence-corrected chi connectivity index (χ4v) is 3.44. The molecule has 26 heavy (non-hydrogen) atoms. The molecule has 9 heteroatoms. The quantitative estimate of drug-likeness (QED) is 0.562. The summed E-state index contributed by atoms with van der Waals surface area (Å²) in [6.07, 6.45) is 0.491. The van der Waals surface area contributed by atoms with Crippen molar-refractivity contribution in [1.82, 2.24) is 14.8 Å². The highest BCUT2D eigenvalue weighted by Gasteiger charge is 2.25. The van der Waals surface area contributed by atoms with Crippen LogP contribution < -0.4 is 11.1 Å². The van der Waals surface area contributed by atoms with Crippen molar-refractivity contribution in [3.05, 3.63) is 29.3 Å². The van der Waals surface area contributed by atoms with E-state index in [2.05, 4.69) is 20.3 Å². The smallest absolute Gasteiger partial charge is 0.316 e. The summed E-state index contributed by atoms with van der Waals surface area (Å²) in [4.78, 5) is 24.2. The average Bonchev–Trinajstić information content (AvgIpc) is 2.93. The molecule has 1 unspecified atom stereocenters. The molecule has 0 saturated carbocycles. The number of nitrogens with zero attached hydrogens (tertiary/aromatic N) is 3. The van der Waals surface area contributed by atoms with Crippen LogP contribution >= 0.6 is 11.8 Å². The molecular weight excluding hydrogens is 354 g/mol. The zero-order valence-corrected chi connectivity index (χ0v) is 16.1. The molecule has 0 aliphatic rings. The van der Waals surface area contributed by atoms with Crippen molar-refractivity contribution in [3.8, 4) is 0 Å². The number of esters is 1. The van der Waals surface area contributed by atoms with Crippen molar-refractivity contribution in [3.63, 3.8) is 0 Å². The number of aryl methyl sites for hydroxylation is 2. The van der Waals surface area contributed by atoms with E-state index in [1.807, 2.05) is 39.0 Å². The number of aromatic nitrogens is 3. The van der Waals surface area contributed by atoms with Crippen LogP contribution in [-0.2, 0) is 14.3 Å². The maximum Gasteiger partial charge on any atom is 0.316 e. The Balaban J connectivity index is 2.23. The van der Waals surface area contributed by atoms with Gasteiger partial charge < -0.3 is 15.8 Å². The van der Waals surface area contributed by atoms with Crippen LogP contribution in [0.5, 0.6) is 0 Å². The van der Waals surface area contributed by atoms with Gasteiger partial charge in [0.2, 0.25) is 11.9 Å². The number of methoxy groups -OCH3 is 1. The monoisotopic (exact) mass is 377 g/mol. The van der Waals surface area contributed by atoms with Gasteiger partial charge in [0.1, 0.15) is 6.04 Å². The molecule has 0 radical (unpaired) electrons. The van der Waals surface area contributed by atoms with Crippen LogP contribution in [0.25, 0.3) is 0 Å². The lowest BCUT2D eigenvalue weighted by Gasteiger charge is -2.19. The molecule has 140 valence electrons. The lowest BCUT2D eigenvalue weighted by Crippen LogP contribution is -2.27. The highest BCUT2D eigenvalue weighted by molar-refractivity contribution is 7.99. The van der Waals surface area contributed by atoms with Crippen molar-refractivity contribution in [2.45, 2.75) is 38.4 Å². The van der Waals surface area contributed by atoms with Gasteiger partial charge >= 0.3 is 5.97 Å². The van der Waals surface area contributed by atoms with Crippen LogP contribution in [0.4, 0.5) is 11.6 Å². The Kier molecular flexibility index (Phi) is 6.62. The number of rotatable bonds is 7. The molecule has 8 nitrogen and oxygen atoms in total. The predicted molar refractivity (Wildman–Crippen MR) is 101 cm³/mol. The van der Waals surface area contributed by atoms with E-state index < -0.39 is 12.0 Å². The number of nitrogen functional groups attached to an aromatic ring is 1. The average molecular weight is 377 g/mol. The maximum absolute atomic E-state index is 12.8. The first-order chi connectivity index (χ1) is 12.3. The number of ether oxygens (including phenoxy) is 1. The van der Waals surface area contributed by atoms with Gasteiger partial charge in [0, 0.05) is 5.69 Å². The van der Waals surface area contributed by atoms with Crippen LogP contribution in [0, 0.1) is 13.8 Å². The van der Waals surface area contributed by atoms with Gasteiger partial charge in [-0.15, -0.1) is 10.2 Å². The Morgan fingerprint density at radius 2 is 1.92 bits per heavy atom. The van der Waals surface area contributed by atoms with Gasteiger partial charge in [-0.3, -0.25) is 14.2 Å². The van der Waals surface area contributed by atoms with E-state index in [0.717, 1.165) is 28.6 Å². The number of thioether (sulfide) groups is 1. The molecule has 0 saturated heterocycles. The summed E-state index contributed by atoms with van der Waals surface area (Å²) in [5.74, 6) is -0.427. The van der Waals surface area contributed by atoms with E-state index in [4.69, 9.17) is 5.73 Å². The number of carbonyl (C=O) groups is 2. The lowest BCUT2D eigenvalue weighted by atomic mass is 10.1. The minimum Gasteiger partial charge on any atom is -0.468 e. The van der Waals surface area contributed by atoms with Crippen LogP contribution in [0.15, 0.2) is 23.4 Å². The number of amides is 1. The van der Waals surface area contributed by atoms with Gasteiger partial charge in [-0.05, 0) is 43.5 Å².